The smallest absolute Gasteiger partial charge is 0.259 e. The summed E-state index contributed by atoms with van der Waals surface area (Å²) in [5.74, 6) is 0.375. The molecule has 1 fully saturated rings. The number of rotatable bonds is 9. The highest BCUT2D eigenvalue weighted by molar-refractivity contribution is 6.06. The number of unbranched alkanes of at least 4 members (excludes halogenated alkanes) is 3. The van der Waals surface area contributed by atoms with Crippen LogP contribution in [0, 0.1) is 0 Å². The first-order valence-electron chi connectivity index (χ1n) is 10.6. The van der Waals surface area contributed by atoms with Crippen molar-refractivity contribution in [2.45, 2.75) is 45.4 Å². The molecule has 154 valence electrons. The monoisotopic (exact) mass is 394 g/mol. The van der Waals surface area contributed by atoms with Crippen molar-refractivity contribution in [2.75, 3.05) is 25.0 Å². The van der Waals surface area contributed by atoms with Crippen LogP contribution in [0.4, 0.5) is 5.69 Å². The van der Waals surface area contributed by atoms with Gasteiger partial charge < -0.3 is 15.0 Å². The molecule has 0 radical (unpaired) electrons. The van der Waals surface area contributed by atoms with Crippen LogP contribution in [0.5, 0.6) is 5.75 Å². The quantitative estimate of drug-likeness (QED) is 0.600. The van der Waals surface area contributed by atoms with E-state index in [1.54, 1.807) is 30.3 Å². The molecule has 2 aromatic rings. The minimum atomic E-state index is -0.236. The molecule has 5 heteroatoms. The van der Waals surface area contributed by atoms with Crippen LogP contribution in [0.25, 0.3) is 0 Å². The zero-order valence-electron chi connectivity index (χ0n) is 17.2. The summed E-state index contributed by atoms with van der Waals surface area (Å²) in [6.07, 6.45) is 6.58. The van der Waals surface area contributed by atoms with Crippen molar-refractivity contribution in [1.29, 1.82) is 0 Å². The summed E-state index contributed by atoms with van der Waals surface area (Å²) < 4.78 is 5.85. The van der Waals surface area contributed by atoms with Crippen LogP contribution in [0.3, 0.4) is 0 Å². The van der Waals surface area contributed by atoms with Gasteiger partial charge in [0.1, 0.15) is 5.75 Å². The van der Waals surface area contributed by atoms with Gasteiger partial charge in [-0.25, -0.2) is 0 Å². The zero-order chi connectivity index (χ0) is 20.5. The van der Waals surface area contributed by atoms with Crippen molar-refractivity contribution >= 4 is 17.5 Å². The van der Waals surface area contributed by atoms with Crippen molar-refractivity contribution in [2.24, 2.45) is 0 Å². The number of hydrogen-bond donors (Lipinski definition) is 1. The largest absolute Gasteiger partial charge is 0.493 e. The molecule has 1 saturated heterocycles. The van der Waals surface area contributed by atoms with Crippen LogP contribution in [-0.2, 0) is 0 Å². The normalized spacial score (nSPS) is 13.3. The van der Waals surface area contributed by atoms with E-state index in [1.807, 2.05) is 23.1 Å². The van der Waals surface area contributed by atoms with Gasteiger partial charge >= 0.3 is 0 Å². The molecule has 0 aromatic heterocycles. The van der Waals surface area contributed by atoms with Gasteiger partial charge in [-0.3, -0.25) is 9.59 Å². The highest BCUT2D eigenvalue weighted by Crippen LogP contribution is 2.21. The summed E-state index contributed by atoms with van der Waals surface area (Å²) in [6.45, 7) is 4.38. The Balaban J connectivity index is 1.64. The average Bonchev–Trinajstić information content (AvgIpc) is 3.28. The third-order valence-corrected chi connectivity index (χ3v) is 5.15. The first kappa shape index (κ1) is 20.9. The molecule has 1 aliphatic heterocycles. The van der Waals surface area contributed by atoms with Gasteiger partial charge in [-0.15, -0.1) is 0 Å². The summed E-state index contributed by atoms with van der Waals surface area (Å²) in [5.41, 5.74) is 1.71. The lowest BCUT2D eigenvalue weighted by Crippen LogP contribution is -2.27. The molecule has 0 bridgehead atoms. The Morgan fingerprint density at radius 1 is 1.00 bits per heavy atom. The number of ether oxygens (including phenoxy) is 1. The summed E-state index contributed by atoms with van der Waals surface area (Å²) >= 11 is 0. The van der Waals surface area contributed by atoms with E-state index in [9.17, 15) is 9.59 Å². The zero-order valence-corrected chi connectivity index (χ0v) is 17.2. The first-order chi connectivity index (χ1) is 14.2. The van der Waals surface area contributed by atoms with Crippen molar-refractivity contribution in [3.63, 3.8) is 0 Å². The molecule has 1 heterocycles. The van der Waals surface area contributed by atoms with E-state index >= 15 is 0 Å². The molecule has 5 nitrogen and oxygen atoms in total. The highest BCUT2D eigenvalue weighted by atomic mass is 16.5. The Morgan fingerprint density at radius 3 is 2.59 bits per heavy atom. The van der Waals surface area contributed by atoms with E-state index in [-0.39, 0.29) is 11.8 Å². The van der Waals surface area contributed by atoms with Gasteiger partial charge in [0.15, 0.2) is 0 Å². The number of para-hydroxylation sites is 1. The summed E-state index contributed by atoms with van der Waals surface area (Å²) in [7, 11) is 0. The maximum atomic E-state index is 12.8. The lowest BCUT2D eigenvalue weighted by molar-refractivity contribution is 0.0792. The predicted octanol–water partition coefficient (Wildman–Crippen LogP) is 5.13. The van der Waals surface area contributed by atoms with Gasteiger partial charge in [-0.1, -0.05) is 44.4 Å². The SMILES string of the molecule is CCCCCCOc1ccccc1C(=O)Nc1cccc(C(=O)N2CCCC2)c1. The van der Waals surface area contributed by atoms with Crippen molar-refractivity contribution in [3.8, 4) is 5.75 Å². The number of benzene rings is 2. The molecule has 0 aliphatic carbocycles. The van der Waals surface area contributed by atoms with Gasteiger partial charge in [0, 0.05) is 24.3 Å². The van der Waals surface area contributed by atoms with Gasteiger partial charge in [0.2, 0.25) is 0 Å². The molecule has 2 aromatic carbocycles. The van der Waals surface area contributed by atoms with E-state index in [1.165, 1.54) is 12.8 Å². The molecule has 0 spiro atoms. The Kier molecular flexibility index (Phi) is 7.68. The van der Waals surface area contributed by atoms with Crippen LogP contribution in [0.15, 0.2) is 48.5 Å². The number of hydrogen-bond acceptors (Lipinski definition) is 3. The van der Waals surface area contributed by atoms with Crippen molar-refractivity contribution in [3.05, 3.63) is 59.7 Å². The average molecular weight is 395 g/mol. The lowest BCUT2D eigenvalue weighted by Gasteiger charge is -2.16. The minimum Gasteiger partial charge on any atom is -0.493 e. The molecule has 0 atom stereocenters. The second kappa shape index (κ2) is 10.6. The van der Waals surface area contributed by atoms with Gasteiger partial charge in [0.05, 0.1) is 12.2 Å². The summed E-state index contributed by atoms with van der Waals surface area (Å²) in [4.78, 5) is 27.3. The number of nitrogens with one attached hydrogen (secondary N) is 1. The topological polar surface area (TPSA) is 58.6 Å². The van der Waals surface area contributed by atoms with Gasteiger partial charge in [-0.05, 0) is 49.6 Å². The van der Waals surface area contributed by atoms with Gasteiger partial charge in [0.25, 0.3) is 11.8 Å². The third-order valence-electron chi connectivity index (χ3n) is 5.15. The van der Waals surface area contributed by atoms with E-state index in [0.717, 1.165) is 38.8 Å². The molecule has 3 rings (SSSR count). The number of anilines is 1. The summed E-state index contributed by atoms with van der Waals surface area (Å²) in [6, 6.07) is 14.4. The standard InChI is InChI=1S/C24H30N2O3/c1-2-3-4-9-17-29-22-14-6-5-13-21(22)23(27)25-20-12-10-11-19(18-20)24(28)26-15-7-8-16-26/h5-6,10-14,18H,2-4,7-9,15-17H2,1H3,(H,25,27). The van der Waals surface area contributed by atoms with Crippen molar-refractivity contribution < 1.29 is 14.3 Å². The molecule has 1 N–H and O–H groups in total. The Hall–Kier alpha value is -2.82. The fraction of sp³-hybridized carbons (Fsp3) is 0.417. The third kappa shape index (κ3) is 5.83. The van der Waals surface area contributed by atoms with E-state index in [2.05, 4.69) is 12.2 Å². The minimum absolute atomic E-state index is 0.0226. The second-order valence-corrected chi connectivity index (χ2v) is 7.44. The molecular weight excluding hydrogens is 364 g/mol. The number of carbonyl (C=O) groups is 2. The molecule has 0 saturated carbocycles. The Morgan fingerprint density at radius 2 is 1.79 bits per heavy atom. The first-order valence-corrected chi connectivity index (χ1v) is 10.6. The van der Waals surface area contributed by atoms with E-state index < -0.39 is 0 Å². The Labute approximate surface area is 173 Å². The highest BCUT2D eigenvalue weighted by Gasteiger charge is 2.20. The number of carbonyl (C=O) groups excluding carboxylic acids is 2. The number of amides is 2. The van der Waals surface area contributed by atoms with Crippen molar-refractivity contribution in [1.82, 2.24) is 4.90 Å². The second-order valence-electron chi connectivity index (χ2n) is 7.44. The fourth-order valence-corrected chi connectivity index (χ4v) is 3.52. The molecule has 0 unspecified atom stereocenters. The predicted molar refractivity (Wildman–Crippen MR) is 116 cm³/mol. The van der Waals surface area contributed by atoms with Crippen LogP contribution in [0.2, 0.25) is 0 Å². The molecule has 1 aliphatic rings. The van der Waals surface area contributed by atoms with E-state index in [4.69, 9.17) is 4.74 Å². The van der Waals surface area contributed by atoms with Crippen LogP contribution in [-0.4, -0.2) is 36.4 Å². The molecule has 29 heavy (non-hydrogen) atoms. The van der Waals surface area contributed by atoms with Gasteiger partial charge in [-0.2, -0.15) is 0 Å². The summed E-state index contributed by atoms with van der Waals surface area (Å²) in [5, 5.41) is 2.91. The Bertz CT molecular complexity index is 828. The van der Waals surface area contributed by atoms with Crippen LogP contribution in [0.1, 0.15) is 66.2 Å². The number of likely N-dealkylation sites (tertiary alicyclic amines) is 1. The van der Waals surface area contributed by atoms with Crippen LogP contribution >= 0.6 is 0 Å². The fourth-order valence-electron chi connectivity index (χ4n) is 3.52. The number of nitrogens with zero attached hydrogens (tertiary/aromatic N) is 1. The van der Waals surface area contributed by atoms with E-state index in [0.29, 0.717) is 29.2 Å². The maximum absolute atomic E-state index is 12.8. The van der Waals surface area contributed by atoms with Crippen LogP contribution < -0.4 is 10.1 Å². The molecule has 2 amide bonds. The lowest BCUT2D eigenvalue weighted by atomic mass is 10.1. The maximum Gasteiger partial charge on any atom is 0.259 e. The molecular formula is C24H30N2O3.